The highest BCUT2D eigenvalue weighted by Gasteiger charge is 2.36. The van der Waals surface area contributed by atoms with Crippen LogP contribution in [0.2, 0.25) is 0 Å². The van der Waals surface area contributed by atoms with Gasteiger partial charge in [-0.25, -0.2) is 14.2 Å². The van der Waals surface area contributed by atoms with Crippen molar-refractivity contribution in [3.8, 4) is 5.75 Å². The third kappa shape index (κ3) is 5.53. The summed E-state index contributed by atoms with van der Waals surface area (Å²) in [6, 6.07) is 16.4. The van der Waals surface area contributed by atoms with Crippen molar-refractivity contribution in [3.05, 3.63) is 89.6 Å². The highest BCUT2D eigenvalue weighted by atomic mass is 32.1. The van der Waals surface area contributed by atoms with E-state index < -0.39 is 17.9 Å². The topological polar surface area (TPSA) is 108 Å². The van der Waals surface area contributed by atoms with Crippen LogP contribution >= 0.6 is 12.6 Å². The number of nitrogens with zero attached hydrogens (tertiary/aromatic N) is 7. The van der Waals surface area contributed by atoms with Gasteiger partial charge in [0.25, 0.3) is 0 Å². The Morgan fingerprint density at radius 1 is 1.09 bits per heavy atom. The van der Waals surface area contributed by atoms with Crippen LogP contribution in [0.15, 0.2) is 77.7 Å². The zero-order chi connectivity index (χ0) is 31.0. The molecule has 44 heavy (non-hydrogen) atoms. The number of anilines is 3. The fraction of sp³-hybridized carbons (Fsp3) is 0.323. The smallest absolute Gasteiger partial charge is 0.336 e. The lowest BCUT2D eigenvalue weighted by molar-refractivity contribution is -0.133. The van der Waals surface area contributed by atoms with Gasteiger partial charge in [-0.1, -0.05) is 6.07 Å². The Morgan fingerprint density at radius 2 is 1.84 bits per heavy atom. The summed E-state index contributed by atoms with van der Waals surface area (Å²) in [5.74, 6) is -0.278. The van der Waals surface area contributed by atoms with Crippen molar-refractivity contribution in [2.24, 2.45) is 5.10 Å². The van der Waals surface area contributed by atoms with Crippen LogP contribution in [-0.4, -0.2) is 88.9 Å². The van der Waals surface area contributed by atoms with Gasteiger partial charge in [-0.2, -0.15) is 5.10 Å². The molecule has 1 saturated heterocycles. The summed E-state index contributed by atoms with van der Waals surface area (Å²) in [6.45, 7) is 5.33. The number of thiol groups is 1. The van der Waals surface area contributed by atoms with Crippen LogP contribution in [0.25, 0.3) is 0 Å². The van der Waals surface area contributed by atoms with Crippen molar-refractivity contribution in [2.45, 2.75) is 18.5 Å². The zero-order valence-corrected chi connectivity index (χ0v) is 25.3. The zero-order valence-electron chi connectivity index (χ0n) is 24.4. The van der Waals surface area contributed by atoms with Crippen molar-refractivity contribution in [1.82, 2.24) is 14.9 Å². The Kier molecular flexibility index (Phi) is 8.34. The molecule has 3 aromatic rings. The van der Waals surface area contributed by atoms with Crippen LogP contribution in [0.1, 0.15) is 24.3 Å². The Hall–Kier alpha value is -4.33. The predicted octanol–water partition coefficient (Wildman–Crippen LogP) is 3.55. The number of hydrogen-bond acceptors (Lipinski definition) is 11. The Balaban J connectivity index is 1.18. The first-order valence-electron chi connectivity index (χ1n) is 14.4. The summed E-state index contributed by atoms with van der Waals surface area (Å²) in [5.41, 5.74) is 2.36. The molecule has 11 nitrogen and oxygen atoms in total. The number of pyridine rings is 1. The molecule has 2 aromatic carbocycles. The van der Waals surface area contributed by atoms with Crippen molar-refractivity contribution in [3.63, 3.8) is 0 Å². The monoisotopic (exact) mass is 619 g/mol. The minimum Gasteiger partial charge on any atom is -0.497 e. The molecular weight excluding hydrogens is 585 g/mol. The van der Waals surface area contributed by atoms with Crippen molar-refractivity contribution in [2.75, 3.05) is 61.2 Å². The maximum Gasteiger partial charge on any atom is 0.336 e. The summed E-state index contributed by atoms with van der Waals surface area (Å²) >= 11 is 4.96. The first kappa shape index (κ1) is 29.7. The highest BCUT2D eigenvalue weighted by Crippen LogP contribution is 2.40. The minimum atomic E-state index is -1.39. The fourth-order valence-corrected chi connectivity index (χ4v) is 6.13. The fourth-order valence-electron chi connectivity index (χ4n) is 5.76. The molecule has 2 N–H and O–H groups in total. The molecule has 3 aliphatic rings. The van der Waals surface area contributed by atoms with Gasteiger partial charge in [-0.3, -0.25) is 14.8 Å². The van der Waals surface area contributed by atoms with E-state index in [-0.39, 0.29) is 16.6 Å². The normalized spacial score (nSPS) is 20.4. The van der Waals surface area contributed by atoms with Crippen LogP contribution < -0.4 is 19.4 Å². The number of methoxy groups -OCH3 is 1. The maximum absolute atomic E-state index is 15.4. The van der Waals surface area contributed by atoms with Gasteiger partial charge in [-0.05, 0) is 55.5 Å². The number of carboxylic acids is 1. The van der Waals surface area contributed by atoms with Gasteiger partial charge in [0.1, 0.15) is 23.4 Å². The van der Waals surface area contributed by atoms with Gasteiger partial charge in [0.05, 0.1) is 25.0 Å². The largest absolute Gasteiger partial charge is 0.497 e. The number of carboxylic acid groups (broad SMARTS) is 1. The molecule has 0 aliphatic carbocycles. The molecule has 0 radical (unpaired) electrons. The molecule has 0 amide bonds. The number of fused-ring (bicyclic) bond motifs is 1. The summed E-state index contributed by atoms with van der Waals surface area (Å²) in [4.78, 5) is 24.2. The summed E-state index contributed by atoms with van der Waals surface area (Å²) < 4.78 is 20.8. The molecular formula is C31H34FN7O4S. The third-order valence-corrected chi connectivity index (χ3v) is 8.63. The quantitative estimate of drug-likeness (QED) is 0.324. The lowest BCUT2D eigenvalue weighted by Gasteiger charge is -2.39. The minimum absolute atomic E-state index is 0.177. The second-order valence-electron chi connectivity index (χ2n) is 10.7. The van der Waals surface area contributed by atoms with E-state index in [9.17, 15) is 15.0 Å². The highest BCUT2D eigenvalue weighted by molar-refractivity contribution is 7.81. The molecule has 0 bridgehead atoms. The van der Waals surface area contributed by atoms with E-state index in [1.807, 2.05) is 64.2 Å². The van der Waals surface area contributed by atoms with Crippen molar-refractivity contribution >= 4 is 41.5 Å². The van der Waals surface area contributed by atoms with E-state index in [4.69, 9.17) is 22.5 Å². The number of piperazine rings is 1. The van der Waals surface area contributed by atoms with Crippen LogP contribution in [-0.2, 0) is 4.79 Å². The number of benzene rings is 2. The van der Waals surface area contributed by atoms with Gasteiger partial charge in [-0.15, -0.1) is 12.6 Å². The number of ether oxygens (including phenoxy) is 1. The second kappa shape index (κ2) is 12.3. The Morgan fingerprint density at radius 3 is 2.48 bits per heavy atom. The first-order valence-corrected chi connectivity index (χ1v) is 14.9. The molecule has 1 aromatic heterocycles. The molecule has 230 valence electrons. The molecule has 0 spiro atoms. The standard InChI is InChI=1S/C31H34FN7O4S/c1-3-36-18-23(30(41)42)28(40)22-16-24(32)27(17-26(22)36)37-14-12-35(13-15-37)19-38-31(44)39(20-7-9-21(43-2)10-8-20)29(34-38)25-6-4-5-11-33-25/h4-11,16-18,28,31,40,44H,3,12-15,19H2,1-2H3,(H,41,42). The molecule has 2 atom stereocenters. The Bertz CT molecular complexity index is 1580. The summed E-state index contributed by atoms with van der Waals surface area (Å²) in [7, 11) is 1.63. The number of carbonyl (C=O) groups is 1. The van der Waals surface area contributed by atoms with Crippen LogP contribution in [0.5, 0.6) is 5.75 Å². The molecule has 0 saturated carbocycles. The van der Waals surface area contributed by atoms with Gasteiger partial charge in [0, 0.05) is 62.1 Å². The van der Waals surface area contributed by atoms with Gasteiger partial charge in [0.15, 0.2) is 11.3 Å². The van der Waals surface area contributed by atoms with Gasteiger partial charge >= 0.3 is 5.97 Å². The van der Waals surface area contributed by atoms with E-state index in [0.717, 1.165) is 17.1 Å². The summed E-state index contributed by atoms with van der Waals surface area (Å²) in [6.07, 6.45) is 1.77. The predicted molar refractivity (Wildman–Crippen MR) is 170 cm³/mol. The van der Waals surface area contributed by atoms with E-state index in [1.165, 1.54) is 12.3 Å². The first-order chi connectivity index (χ1) is 21.3. The number of aliphatic hydroxyl groups is 1. The Labute approximate surface area is 260 Å². The number of aromatic nitrogens is 1. The van der Waals surface area contributed by atoms with Crippen molar-refractivity contribution in [1.29, 1.82) is 0 Å². The average molecular weight is 620 g/mol. The van der Waals surface area contributed by atoms with E-state index >= 15 is 4.39 Å². The number of amidine groups is 1. The molecule has 3 aliphatic heterocycles. The molecule has 6 rings (SSSR count). The van der Waals surface area contributed by atoms with Crippen LogP contribution in [0.3, 0.4) is 0 Å². The van der Waals surface area contributed by atoms with E-state index in [1.54, 1.807) is 24.3 Å². The number of halogens is 1. The third-order valence-electron chi connectivity index (χ3n) is 8.13. The van der Waals surface area contributed by atoms with Crippen molar-refractivity contribution < 1.29 is 24.1 Å². The van der Waals surface area contributed by atoms with Crippen LogP contribution in [0, 0.1) is 5.82 Å². The molecule has 2 unspecified atom stereocenters. The van der Waals surface area contributed by atoms with Gasteiger partial charge < -0.3 is 24.7 Å². The lowest BCUT2D eigenvalue weighted by atomic mass is 9.95. The lowest BCUT2D eigenvalue weighted by Crippen LogP contribution is -2.51. The van der Waals surface area contributed by atoms with Crippen LogP contribution in [0.4, 0.5) is 21.5 Å². The second-order valence-corrected chi connectivity index (χ2v) is 11.1. The number of hydrogen-bond donors (Lipinski definition) is 3. The molecule has 1 fully saturated rings. The van der Waals surface area contributed by atoms with Gasteiger partial charge in [0.2, 0.25) is 0 Å². The number of aliphatic hydroxyl groups excluding tert-OH is 1. The number of hydrazone groups is 1. The number of rotatable bonds is 8. The SMILES string of the molecule is CCN1C=C(C(=O)O)C(O)c2cc(F)c(N3CCN(CN4N=C(c5ccccn5)N(c5ccc(OC)cc5)C4S)CC3)cc21. The molecule has 4 heterocycles. The summed E-state index contributed by atoms with van der Waals surface area (Å²) in [5, 5.41) is 27.0. The average Bonchev–Trinajstić information content (AvgIpc) is 3.37. The maximum atomic E-state index is 15.4. The van der Waals surface area contributed by atoms with E-state index in [2.05, 4.69) is 9.88 Å². The number of aliphatic carboxylic acids is 1. The molecule has 13 heteroatoms. The van der Waals surface area contributed by atoms with E-state index in [0.29, 0.717) is 56.6 Å².